The van der Waals surface area contributed by atoms with Crippen molar-refractivity contribution in [3.8, 4) is 0 Å². The van der Waals surface area contributed by atoms with E-state index in [9.17, 15) is 4.79 Å². The smallest absolute Gasteiger partial charge is 0.269 e. The molecule has 3 N–H and O–H groups in total. The third-order valence-electron chi connectivity index (χ3n) is 3.68. The predicted octanol–water partition coefficient (Wildman–Crippen LogP) is 1.81. The van der Waals surface area contributed by atoms with E-state index in [2.05, 4.69) is 29.4 Å². The SMILES string of the molecule is CC1CCC(Nc2ccc(C(N)=O)nn2)C(C)C1. The van der Waals surface area contributed by atoms with Gasteiger partial charge in [0.25, 0.3) is 5.91 Å². The number of carbonyl (C=O) groups excluding carboxylic acids is 1. The lowest BCUT2D eigenvalue weighted by molar-refractivity contribution is 0.0994. The zero-order valence-electron chi connectivity index (χ0n) is 10.9. The summed E-state index contributed by atoms with van der Waals surface area (Å²) >= 11 is 0. The van der Waals surface area contributed by atoms with Gasteiger partial charge < -0.3 is 11.1 Å². The van der Waals surface area contributed by atoms with Crippen LogP contribution in [0, 0.1) is 11.8 Å². The molecule has 0 radical (unpaired) electrons. The maximum absolute atomic E-state index is 10.9. The number of primary amides is 1. The Morgan fingerprint density at radius 2 is 2.11 bits per heavy atom. The first-order chi connectivity index (χ1) is 8.56. The van der Waals surface area contributed by atoms with Crippen molar-refractivity contribution in [1.82, 2.24) is 10.2 Å². The number of nitrogens with zero attached hydrogens (tertiary/aromatic N) is 2. The monoisotopic (exact) mass is 248 g/mol. The van der Waals surface area contributed by atoms with E-state index >= 15 is 0 Å². The van der Waals surface area contributed by atoms with Gasteiger partial charge in [-0.05, 0) is 43.2 Å². The van der Waals surface area contributed by atoms with Crippen molar-refractivity contribution in [2.45, 2.75) is 39.2 Å². The Morgan fingerprint density at radius 3 is 2.67 bits per heavy atom. The molecule has 1 heterocycles. The molecule has 1 fully saturated rings. The van der Waals surface area contributed by atoms with Crippen molar-refractivity contribution < 1.29 is 4.79 Å². The number of aromatic nitrogens is 2. The fourth-order valence-electron chi connectivity index (χ4n) is 2.61. The normalized spacial score (nSPS) is 27.8. The Hall–Kier alpha value is -1.65. The number of nitrogens with one attached hydrogen (secondary N) is 1. The van der Waals surface area contributed by atoms with Crippen molar-refractivity contribution in [2.75, 3.05) is 5.32 Å². The molecule has 2 rings (SSSR count). The third kappa shape index (κ3) is 2.97. The van der Waals surface area contributed by atoms with E-state index in [1.54, 1.807) is 12.1 Å². The van der Waals surface area contributed by atoms with Crippen LogP contribution in [-0.4, -0.2) is 22.1 Å². The minimum absolute atomic E-state index is 0.200. The van der Waals surface area contributed by atoms with Gasteiger partial charge in [-0.2, -0.15) is 0 Å². The van der Waals surface area contributed by atoms with E-state index in [1.807, 2.05) is 0 Å². The van der Waals surface area contributed by atoms with Crippen molar-refractivity contribution in [1.29, 1.82) is 0 Å². The van der Waals surface area contributed by atoms with Gasteiger partial charge in [0.05, 0.1) is 0 Å². The molecule has 0 aromatic carbocycles. The van der Waals surface area contributed by atoms with Gasteiger partial charge in [0.15, 0.2) is 5.69 Å². The highest BCUT2D eigenvalue weighted by atomic mass is 16.1. The van der Waals surface area contributed by atoms with Crippen LogP contribution in [0.15, 0.2) is 12.1 Å². The maximum atomic E-state index is 10.9. The zero-order valence-corrected chi connectivity index (χ0v) is 10.9. The van der Waals surface area contributed by atoms with Crippen molar-refractivity contribution in [3.05, 3.63) is 17.8 Å². The highest BCUT2D eigenvalue weighted by Gasteiger charge is 2.25. The molecule has 3 atom stereocenters. The van der Waals surface area contributed by atoms with Crippen molar-refractivity contribution in [3.63, 3.8) is 0 Å². The first-order valence-corrected chi connectivity index (χ1v) is 6.46. The van der Waals surface area contributed by atoms with Gasteiger partial charge in [-0.3, -0.25) is 4.79 Å². The zero-order chi connectivity index (χ0) is 13.1. The summed E-state index contributed by atoms with van der Waals surface area (Å²) in [7, 11) is 0. The predicted molar refractivity (Wildman–Crippen MR) is 70.1 cm³/mol. The molecule has 1 aromatic heterocycles. The lowest BCUT2D eigenvalue weighted by Crippen LogP contribution is -2.33. The van der Waals surface area contributed by atoms with E-state index in [0.29, 0.717) is 17.8 Å². The molecule has 0 spiro atoms. The Kier molecular flexibility index (Phi) is 3.79. The van der Waals surface area contributed by atoms with Gasteiger partial charge >= 0.3 is 0 Å². The van der Waals surface area contributed by atoms with Gasteiger partial charge in [-0.25, -0.2) is 0 Å². The van der Waals surface area contributed by atoms with Crippen LogP contribution in [-0.2, 0) is 0 Å². The highest BCUT2D eigenvalue weighted by Crippen LogP contribution is 2.30. The number of carbonyl (C=O) groups is 1. The minimum Gasteiger partial charge on any atom is -0.366 e. The van der Waals surface area contributed by atoms with Gasteiger partial charge in [-0.15, -0.1) is 10.2 Å². The molecule has 98 valence electrons. The molecule has 1 saturated carbocycles. The van der Waals surface area contributed by atoms with Gasteiger partial charge in [0.1, 0.15) is 5.82 Å². The average Bonchev–Trinajstić information content (AvgIpc) is 2.33. The molecule has 1 aliphatic carbocycles. The number of hydrogen-bond donors (Lipinski definition) is 2. The van der Waals surface area contributed by atoms with E-state index in [1.165, 1.54) is 12.8 Å². The van der Waals surface area contributed by atoms with E-state index in [4.69, 9.17) is 5.73 Å². The van der Waals surface area contributed by atoms with Crippen LogP contribution in [0.5, 0.6) is 0 Å². The molecule has 0 saturated heterocycles. The van der Waals surface area contributed by atoms with Gasteiger partial charge in [0.2, 0.25) is 0 Å². The Bertz CT molecular complexity index is 418. The molecule has 0 aliphatic heterocycles. The van der Waals surface area contributed by atoms with Crippen molar-refractivity contribution >= 4 is 11.7 Å². The fourth-order valence-corrected chi connectivity index (χ4v) is 2.61. The van der Waals surface area contributed by atoms with Crippen LogP contribution in [0.1, 0.15) is 43.6 Å². The fraction of sp³-hybridized carbons (Fsp3) is 0.615. The Labute approximate surface area is 107 Å². The first kappa shape index (κ1) is 12.8. The molecule has 1 aliphatic rings. The van der Waals surface area contributed by atoms with Crippen LogP contribution in [0.3, 0.4) is 0 Å². The topological polar surface area (TPSA) is 80.9 Å². The molecule has 5 nitrogen and oxygen atoms in total. The van der Waals surface area contributed by atoms with E-state index in [-0.39, 0.29) is 5.69 Å². The number of anilines is 1. The van der Waals surface area contributed by atoms with Crippen LogP contribution in [0.2, 0.25) is 0 Å². The molecular weight excluding hydrogens is 228 g/mol. The summed E-state index contributed by atoms with van der Waals surface area (Å²) in [6, 6.07) is 3.81. The number of rotatable bonds is 3. The molecule has 0 bridgehead atoms. The average molecular weight is 248 g/mol. The van der Waals surface area contributed by atoms with E-state index in [0.717, 1.165) is 12.3 Å². The highest BCUT2D eigenvalue weighted by molar-refractivity contribution is 5.90. The van der Waals surface area contributed by atoms with Crippen LogP contribution in [0.25, 0.3) is 0 Å². The number of hydrogen-bond acceptors (Lipinski definition) is 4. The Balaban J connectivity index is 1.99. The quantitative estimate of drug-likeness (QED) is 0.854. The summed E-state index contributed by atoms with van der Waals surface area (Å²) in [4.78, 5) is 10.9. The second-order valence-corrected chi connectivity index (χ2v) is 5.31. The maximum Gasteiger partial charge on any atom is 0.269 e. The van der Waals surface area contributed by atoms with Crippen LogP contribution >= 0.6 is 0 Å². The summed E-state index contributed by atoms with van der Waals surface area (Å²) in [6.07, 6.45) is 3.64. The molecule has 3 unspecified atom stereocenters. The van der Waals surface area contributed by atoms with Gasteiger partial charge in [-0.1, -0.05) is 13.8 Å². The Morgan fingerprint density at radius 1 is 1.33 bits per heavy atom. The third-order valence-corrected chi connectivity index (χ3v) is 3.68. The van der Waals surface area contributed by atoms with Crippen LogP contribution < -0.4 is 11.1 Å². The largest absolute Gasteiger partial charge is 0.366 e. The van der Waals surface area contributed by atoms with Crippen LogP contribution in [0.4, 0.5) is 5.82 Å². The molecule has 18 heavy (non-hydrogen) atoms. The number of nitrogens with two attached hydrogens (primary N) is 1. The summed E-state index contributed by atoms with van der Waals surface area (Å²) in [5.41, 5.74) is 5.32. The summed E-state index contributed by atoms with van der Waals surface area (Å²) in [6.45, 7) is 4.56. The molecule has 5 heteroatoms. The lowest BCUT2D eigenvalue weighted by Gasteiger charge is -2.33. The second-order valence-electron chi connectivity index (χ2n) is 5.31. The minimum atomic E-state index is -0.547. The van der Waals surface area contributed by atoms with Gasteiger partial charge in [0, 0.05) is 6.04 Å². The molecule has 1 amide bonds. The molecule has 1 aromatic rings. The summed E-state index contributed by atoms with van der Waals surface area (Å²) in [5.74, 6) is 1.60. The summed E-state index contributed by atoms with van der Waals surface area (Å²) < 4.78 is 0. The number of amides is 1. The molecular formula is C13H20N4O. The summed E-state index contributed by atoms with van der Waals surface area (Å²) in [5, 5.41) is 11.2. The van der Waals surface area contributed by atoms with Crippen molar-refractivity contribution in [2.24, 2.45) is 17.6 Å². The first-order valence-electron chi connectivity index (χ1n) is 6.46. The second kappa shape index (κ2) is 5.33. The lowest BCUT2D eigenvalue weighted by atomic mass is 9.80. The van der Waals surface area contributed by atoms with E-state index < -0.39 is 5.91 Å². The standard InChI is InChI=1S/C13H20N4O/c1-8-3-4-10(9(2)7-8)15-12-6-5-11(13(14)18)16-17-12/h5-6,8-10H,3-4,7H2,1-2H3,(H2,14,18)(H,15,17).